The maximum atomic E-state index is 13.5. The zero-order chi connectivity index (χ0) is 23.3. The van der Waals surface area contributed by atoms with E-state index in [0.29, 0.717) is 16.6 Å². The van der Waals surface area contributed by atoms with E-state index in [2.05, 4.69) is 0 Å². The molecule has 6 heteroatoms. The van der Waals surface area contributed by atoms with E-state index < -0.39 is 0 Å². The number of amides is 1. The molecule has 1 aliphatic rings. The highest BCUT2D eigenvalue weighted by molar-refractivity contribution is 8.18. The van der Waals surface area contributed by atoms with Crippen LogP contribution in [-0.4, -0.2) is 27.7 Å². The van der Waals surface area contributed by atoms with E-state index in [1.54, 1.807) is 12.0 Å². The maximum absolute atomic E-state index is 13.5. The molecule has 1 saturated heterocycles. The predicted molar refractivity (Wildman–Crippen MR) is 138 cm³/mol. The van der Waals surface area contributed by atoms with E-state index in [-0.39, 0.29) is 5.91 Å². The second-order valence-electron chi connectivity index (χ2n) is 7.72. The highest BCUT2D eigenvalue weighted by atomic mass is 32.2. The first-order valence-corrected chi connectivity index (χ1v) is 11.7. The second kappa shape index (κ2) is 9.85. The van der Waals surface area contributed by atoms with Crippen LogP contribution in [-0.2, 0) is 11.3 Å². The predicted octanol–water partition coefficient (Wildman–Crippen LogP) is 6.29. The Hall–Kier alpha value is -4.03. The van der Waals surface area contributed by atoms with Gasteiger partial charge < -0.3 is 9.30 Å². The molecule has 0 bridgehead atoms. The first-order chi connectivity index (χ1) is 16.7. The van der Waals surface area contributed by atoms with Gasteiger partial charge in [-0.3, -0.25) is 9.69 Å². The van der Waals surface area contributed by atoms with E-state index in [1.165, 1.54) is 11.8 Å². The van der Waals surface area contributed by atoms with Crippen molar-refractivity contribution in [2.45, 2.75) is 6.54 Å². The minimum atomic E-state index is -0.0500. The molecule has 2 heterocycles. The molecule has 0 radical (unpaired) electrons. The lowest BCUT2D eigenvalue weighted by Gasteiger charge is -2.15. The van der Waals surface area contributed by atoms with Crippen LogP contribution in [0.5, 0.6) is 5.75 Å². The molecule has 5 nitrogen and oxygen atoms in total. The Labute approximate surface area is 203 Å². The Morgan fingerprint density at radius 3 is 2.29 bits per heavy atom. The lowest BCUT2D eigenvalue weighted by molar-refractivity contribution is -0.122. The number of hydrogen-bond donors (Lipinski definition) is 0. The van der Waals surface area contributed by atoms with Gasteiger partial charge in [0.2, 0.25) is 0 Å². The number of para-hydroxylation sites is 1. The Morgan fingerprint density at radius 1 is 0.882 bits per heavy atom. The lowest BCUT2D eigenvalue weighted by Crippen LogP contribution is -2.28. The molecular weight excluding hydrogens is 442 g/mol. The average Bonchev–Trinajstić information content (AvgIpc) is 3.46. The minimum absolute atomic E-state index is 0.0500. The summed E-state index contributed by atoms with van der Waals surface area (Å²) in [5, 5.41) is 0.675. The summed E-state index contributed by atoms with van der Waals surface area (Å²) in [6.07, 6.45) is 3.92. The number of aliphatic imine (C=N–C) groups is 1. The van der Waals surface area contributed by atoms with E-state index >= 15 is 0 Å². The van der Waals surface area contributed by atoms with Crippen LogP contribution in [0.2, 0.25) is 0 Å². The molecule has 0 saturated carbocycles. The van der Waals surface area contributed by atoms with Crippen LogP contribution in [0.4, 0.5) is 5.69 Å². The van der Waals surface area contributed by atoms with Crippen molar-refractivity contribution in [2.24, 2.45) is 4.99 Å². The Bertz CT molecular complexity index is 1340. The van der Waals surface area contributed by atoms with Gasteiger partial charge in [0, 0.05) is 17.6 Å². The number of benzene rings is 3. The quantitative estimate of drug-likeness (QED) is 0.314. The van der Waals surface area contributed by atoms with Gasteiger partial charge in [0.1, 0.15) is 5.75 Å². The normalized spacial score (nSPS) is 15.9. The number of carbonyl (C=O) groups is 1. The summed E-state index contributed by atoms with van der Waals surface area (Å²) in [5.41, 5.74) is 3.79. The molecular formula is C28H23N3O2S. The monoisotopic (exact) mass is 465 g/mol. The lowest BCUT2D eigenvalue weighted by atomic mass is 10.2. The molecule has 5 rings (SSSR count). The minimum Gasteiger partial charge on any atom is -0.497 e. The van der Waals surface area contributed by atoms with Crippen molar-refractivity contribution >= 4 is 34.6 Å². The van der Waals surface area contributed by atoms with Crippen LogP contribution in [0.1, 0.15) is 11.3 Å². The van der Waals surface area contributed by atoms with Crippen molar-refractivity contribution in [1.29, 1.82) is 0 Å². The number of carbonyl (C=O) groups excluding carboxylic acids is 1. The van der Waals surface area contributed by atoms with Crippen molar-refractivity contribution < 1.29 is 9.53 Å². The summed E-state index contributed by atoms with van der Waals surface area (Å²) in [6, 6.07) is 31.5. The molecule has 0 spiro atoms. The summed E-state index contributed by atoms with van der Waals surface area (Å²) in [5.74, 6) is 0.752. The van der Waals surface area contributed by atoms with Gasteiger partial charge >= 0.3 is 0 Å². The van der Waals surface area contributed by atoms with Gasteiger partial charge in [0.05, 0.1) is 24.2 Å². The Morgan fingerprint density at radius 2 is 1.59 bits per heavy atom. The van der Waals surface area contributed by atoms with Crippen molar-refractivity contribution in [3.63, 3.8) is 0 Å². The summed E-state index contributed by atoms with van der Waals surface area (Å²) in [4.78, 5) is 20.7. The summed E-state index contributed by atoms with van der Waals surface area (Å²) in [7, 11) is 1.65. The molecule has 3 aromatic carbocycles. The number of nitrogens with zero attached hydrogens (tertiary/aromatic N) is 3. The molecule has 0 atom stereocenters. The standard InChI is InChI=1S/C28H23N3O2S/c1-33-25-16-14-23(15-17-25)30-18-8-13-24(30)19-26-27(32)31(20-21-9-4-2-5-10-21)28(34-26)29-22-11-6-3-7-12-22/h2-19H,20H2,1H3/b26-19-,29-28?. The van der Waals surface area contributed by atoms with E-state index in [1.807, 2.05) is 114 Å². The smallest absolute Gasteiger partial charge is 0.267 e. The number of thioether (sulfide) groups is 1. The van der Waals surface area contributed by atoms with Gasteiger partial charge in [0.25, 0.3) is 5.91 Å². The third kappa shape index (κ3) is 4.67. The fourth-order valence-electron chi connectivity index (χ4n) is 3.73. The highest BCUT2D eigenvalue weighted by Gasteiger charge is 2.33. The Kier molecular flexibility index (Phi) is 6.31. The fourth-order valence-corrected chi connectivity index (χ4v) is 4.72. The SMILES string of the molecule is COc1ccc(-n2cccc2/C=C2\SC(=Nc3ccccc3)N(Cc3ccccc3)C2=O)cc1. The number of methoxy groups -OCH3 is 1. The van der Waals surface area contributed by atoms with Gasteiger partial charge in [-0.2, -0.15) is 0 Å². The number of amidine groups is 1. The molecule has 1 amide bonds. The molecule has 168 valence electrons. The number of rotatable bonds is 6. The summed E-state index contributed by atoms with van der Waals surface area (Å²) in [6.45, 7) is 0.467. The van der Waals surface area contributed by atoms with Crippen LogP contribution in [0.3, 0.4) is 0 Å². The van der Waals surface area contributed by atoms with E-state index in [9.17, 15) is 4.79 Å². The van der Waals surface area contributed by atoms with Crippen molar-refractivity contribution in [1.82, 2.24) is 9.47 Å². The topological polar surface area (TPSA) is 46.8 Å². The third-order valence-corrected chi connectivity index (χ3v) is 6.47. The van der Waals surface area contributed by atoms with Crippen LogP contribution >= 0.6 is 11.8 Å². The highest BCUT2D eigenvalue weighted by Crippen LogP contribution is 2.35. The van der Waals surface area contributed by atoms with Gasteiger partial charge in [-0.05, 0) is 71.9 Å². The Balaban J connectivity index is 1.49. The van der Waals surface area contributed by atoms with Crippen molar-refractivity contribution in [2.75, 3.05) is 7.11 Å². The maximum Gasteiger partial charge on any atom is 0.267 e. The largest absolute Gasteiger partial charge is 0.497 e. The van der Waals surface area contributed by atoms with E-state index in [0.717, 1.165) is 28.4 Å². The first kappa shape index (κ1) is 21.8. The first-order valence-electron chi connectivity index (χ1n) is 10.9. The number of aromatic nitrogens is 1. The van der Waals surface area contributed by atoms with Gasteiger partial charge in [-0.1, -0.05) is 48.5 Å². The van der Waals surface area contributed by atoms with Crippen molar-refractivity contribution in [3.8, 4) is 11.4 Å². The molecule has 4 aromatic rings. The van der Waals surface area contributed by atoms with Crippen molar-refractivity contribution in [3.05, 3.63) is 119 Å². The summed E-state index contributed by atoms with van der Waals surface area (Å²) < 4.78 is 7.32. The van der Waals surface area contributed by atoms with Crippen LogP contribution < -0.4 is 4.74 Å². The van der Waals surface area contributed by atoms with Crippen LogP contribution in [0, 0.1) is 0 Å². The van der Waals surface area contributed by atoms with Gasteiger partial charge in [-0.15, -0.1) is 0 Å². The van der Waals surface area contributed by atoms with Crippen LogP contribution in [0.15, 0.2) is 113 Å². The van der Waals surface area contributed by atoms with Crippen LogP contribution in [0.25, 0.3) is 11.8 Å². The fraction of sp³-hybridized carbons (Fsp3) is 0.0714. The second-order valence-corrected chi connectivity index (χ2v) is 8.73. The molecule has 0 unspecified atom stereocenters. The molecule has 1 aliphatic heterocycles. The van der Waals surface area contributed by atoms with Gasteiger partial charge in [-0.25, -0.2) is 4.99 Å². The molecule has 0 N–H and O–H groups in total. The molecule has 1 fully saturated rings. The summed E-state index contributed by atoms with van der Waals surface area (Å²) >= 11 is 1.40. The number of ether oxygens (including phenoxy) is 1. The molecule has 0 aliphatic carbocycles. The zero-order valence-corrected chi connectivity index (χ0v) is 19.5. The van der Waals surface area contributed by atoms with E-state index in [4.69, 9.17) is 9.73 Å². The number of hydrogen-bond acceptors (Lipinski definition) is 4. The van der Waals surface area contributed by atoms with Gasteiger partial charge in [0.15, 0.2) is 5.17 Å². The third-order valence-electron chi connectivity index (χ3n) is 5.46. The zero-order valence-electron chi connectivity index (χ0n) is 18.7. The average molecular weight is 466 g/mol. The molecule has 34 heavy (non-hydrogen) atoms. The molecule has 1 aromatic heterocycles.